The molecule has 0 radical (unpaired) electrons. The largest absolute Gasteiger partial charge is 0.491 e. The average Bonchev–Trinajstić information content (AvgIpc) is 3.90. The van der Waals surface area contributed by atoms with Gasteiger partial charge in [0.1, 0.15) is 16.4 Å². The molecule has 0 aliphatic carbocycles. The molecule has 0 unspecified atom stereocenters. The zero-order valence-corrected chi connectivity index (χ0v) is 35.4. The number of unbranched alkanes of at least 4 members (excludes halogenated alkanes) is 15. The fraction of sp³-hybridized carbons (Fsp3) is 0.605. The summed E-state index contributed by atoms with van der Waals surface area (Å²) >= 11 is 6.24. The van der Waals surface area contributed by atoms with E-state index >= 15 is 4.39 Å². The Labute approximate surface area is 327 Å². The fourth-order valence-electron chi connectivity index (χ4n) is 6.87. The van der Waals surface area contributed by atoms with Crippen molar-refractivity contribution in [1.29, 1.82) is 0 Å². The Bertz CT molecular complexity index is 1790. The van der Waals surface area contributed by atoms with Gasteiger partial charge in [-0.25, -0.2) is 9.18 Å². The van der Waals surface area contributed by atoms with E-state index in [4.69, 9.17) is 14.2 Å². The maximum absolute atomic E-state index is 16.3. The van der Waals surface area contributed by atoms with Crippen LogP contribution in [0.4, 0.5) is 4.39 Å². The van der Waals surface area contributed by atoms with E-state index in [0.29, 0.717) is 25.2 Å². The van der Waals surface area contributed by atoms with Crippen LogP contribution in [0.2, 0.25) is 0 Å². The minimum atomic E-state index is -0.551. The molecule has 0 fully saturated rings. The standard InChI is InChI=1S/C43H59FO4S4/c1-6-9-12-15-18-21-24-46-36-31-27-29(4)49-39(31)37(47-25-22-19-16-13-10-7-2)32-28-33(51-40(32)36)41-34-35(44)42(52-38(34)30(5)50-41)43(45)48-26-23-20-17-14-11-8-3/h27-28H,6-26H2,1-5H3. The van der Waals surface area contributed by atoms with Crippen molar-refractivity contribution in [2.24, 2.45) is 0 Å². The molecule has 4 heterocycles. The molecule has 5 rings (SSSR count). The van der Waals surface area contributed by atoms with Crippen molar-refractivity contribution in [1.82, 2.24) is 0 Å². The van der Waals surface area contributed by atoms with Crippen molar-refractivity contribution in [3.8, 4) is 21.3 Å². The van der Waals surface area contributed by atoms with Crippen LogP contribution < -0.4 is 9.47 Å². The van der Waals surface area contributed by atoms with Crippen LogP contribution in [0.1, 0.15) is 156 Å². The summed E-state index contributed by atoms with van der Waals surface area (Å²) in [6.45, 7) is 12.5. The fourth-order valence-corrected chi connectivity index (χ4v) is 11.5. The molecule has 4 aromatic heterocycles. The van der Waals surface area contributed by atoms with E-state index in [0.717, 1.165) is 95.9 Å². The van der Waals surface area contributed by atoms with Gasteiger partial charge in [0, 0.05) is 30.8 Å². The number of carbonyl (C=O) groups is 1. The van der Waals surface area contributed by atoms with Crippen LogP contribution in [-0.4, -0.2) is 25.8 Å². The molecule has 0 atom stereocenters. The number of ether oxygens (including phenoxy) is 3. The number of fused-ring (bicyclic) bond motifs is 3. The first-order valence-electron chi connectivity index (χ1n) is 20.0. The summed E-state index contributed by atoms with van der Waals surface area (Å²) in [6.07, 6.45) is 21.1. The van der Waals surface area contributed by atoms with Crippen LogP contribution in [0.25, 0.3) is 40.0 Å². The lowest BCUT2D eigenvalue weighted by molar-refractivity contribution is 0.0499. The van der Waals surface area contributed by atoms with Gasteiger partial charge >= 0.3 is 5.97 Å². The summed E-state index contributed by atoms with van der Waals surface area (Å²) in [5, 5.41) is 2.68. The van der Waals surface area contributed by atoms with Gasteiger partial charge in [-0.1, -0.05) is 117 Å². The summed E-state index contributed by atoms with van der Waals surface area (Å²) in [4.78, 5) is 17.3. The summed E-state index contributed by atoms with van der Waals surface area (Å²) in [5.41, 5.74) is 0. The normalized spacial score (nSPS) is 11.8. The van der Waals surface area contributed by atoms with Crippen LogP contribution >= 0.6 is 45.3 Å². The van der Waals surface area contributed by atoms with E-state index in [-0.39, 0.29) is 4.88 Å². The third kappa shape index (κ3) is 10.3. The minimum absolute atomic E-state index is 0.0798. The number of carbonyl (C=O) groups excluding carboxylic acids is 1. The number of hydrogen-bond acceptors (Lipinski definition) is 8. The maximum atomic E-state index is 16.3. The van der Waals surface area contributed by atoms with Crippen LogP contribution in [0.3, 0.4) is 0 Å². The Balaban J connectivity index is 1.45. The first-order chi connectivity index (χ1) is 25.4. The molecular formula is C43H59FO4S4. The highest BCUT2D eigenvalue weighted by Gasteiger charge is 2.28. The van der Waals surface area contributed by atoms with E-state index in [1.54, 1.807) is 34.0 Å². The monoisotopic (exact) mass is 786 g/mol. The average molecular weight is 787 g/mol. The lowest BCUT2D eigenvalue weighted by Gasteiger charge is -2.14. The number of halogens is 1. The van der Waals surface area contributed by atoms with Gasteiger partial charge in [0.15, 0.2) is 5.82 Å². The van der Waals surface area contributed by atoms with Crippen molar-refractivity contribution in [2.75, 3.05) is 19.8 Å². The van der Waals surface area contributed by atoms with E-state index in [9.17, 15) is 4.79 Å². The number of hydrogen-bond donors (Lipinski definition) is 0. The molecule has 0 amide bonds. The molecular weight excluding hydrogens is 728 g/mol. The number of thiophene rings is 4. The lowest BCUT2D eigenvalue weighted by atomic mass is 10.1. The quantitative estimate of drug-likeness (QED) is 0.0437. The van der Waals surface area contributed by atoms with Crippen molar-refractivity contribution in [3.05, 3.63) is 32.6 Å². The number of esters is 1. The van der Waals surface area contributed by atoms with E-state index in [1.165, 1.54) is 86.8 Å². The Morgan fingerprint density at radius 1 is 0.596 bits per heavy atom. The molecule has 4 nitrogen and oxygen atoms in total. The second-order valence-electron chi connectivity index (χ2n) is 14.2. The Morgan fingerprint density at radius 3 is 1.67 bits per heavy atom. The molecule has 1 aromatic carbocycles. The highest BCUT2D eigenvalue weighted by Crippen LogP contribution is 2.54. The zero-order chi connectivity index (χ0) is 36.9. The number of aryl methyl sites for hydroxylation is 2. The second kappa shape index (κ2) is 21.0. The Hall–Kier alpha value is -2.20. The van der Waals surface area contributed by atoms with Crippen molar-refractivity contribution >= 4 is 81.6 Å². The van der Waals surface area contributed by atoms with Gasteiger partial charge in [-0.15, -0.1) is 45.3 Å². The van der Waals surface area contributed by atoms with Crippen LogP contribution in [0.15, 0.2) is 12.1 Å². The lowest BCUT2D eigenvalue weighted by Crippen LogP contribution is -2.06. The predicted molar refractivity (Wildman–Crippen MR) is 227 cm³/mol. The number of benzene rings is 1. The van der Waals surface area contributed by atoms with Crippen LogP contribution in [0.5, 0.6) is 11.5 Å². The van der Waals surface area contributed by atoms with Crippen molar-refractivity contribution in [2.45, 2.75) is 150 Å². The zero-order valence-electron chi connectivity index (χ0n) is 32.1. The highest BCUT2D eigenvalue weighted by molar-refractivity contribution is 7.30. The van der Waals surface area contributed by atoms with E-state index < -0.39 is 11.8 Å². The molecule has 0 bridgehead atoms. The van der Waals surface area contributed by atoms with E-state index in [1.807, 2.05) is 6.92 Å². The second-order valence-corrected chi connectivity index (χ2v) is 18.7. The smallest absolute Gasteiger partial charge is 0.351 e. The molecule has 5 aromatic rings. The molecule has 0 saturated carbocycles. The molecule has 0 aliphatic heterocycles. The molecule has 52 heavy (non-hydrogen) atoms. The molecule has 0 N–H and O–H groups in total. The summed E-state index contributed by atoms with van der Waals surface area (Å²) < 4.78 is 38.3. The summed E-state index contributed by atoms with van der Waals surface area (Å²) in [6, 6.07) is 4.42. The first kappa shape index (κ1) is 41.0. The van der Waals surface area contributed by atoms with Gasteiger partial charge in [0.25, 0.3) is 0 Å². The van der Waals surface area contributed by atoms with Gasteiger partial charge in [-0.3, -0.25) is 0 Å². The predicted octanol–water partition coefficient (Wildman–Crippen LogP) is 15.8. The Kier molecular flexibility index (Phi) is 16.6. The van der Waals surface area contributed by atoms with E-state index in [2.05, 4.69) is 39.8 Å². The topological polar surface area (TPSA) is 44.8 Å². The van der Waals surface area contributed by atoms with Crippen LogP contribution in [0, 0.1) is 19.7 Å². The van der Waals surface area contributed by atoms with Gasteiger partial charge in [-0.05, 0) is 45.2 Å². The molecule has 0 aliphatic rings. The molecule has 286 valence electrons. The summed E-state index contributed by atoms with van der Waals surface area (Å²) in [7, 11) is 0. The Morgan fingerprint density at radius 2 is 1.10 bits per heavy atom. The number of rotatable bonds is 25. The van der Waals surface area contributed by atoms with Crippen LogP contribution in [-0.2, 0) is 4.74 Å². The third-order valence-corrected chi connectivity index (χ3v) is 14.6. The molecule has 0 saturated heterocycles. The van der Waals surface area contributed by atoms with Crippen molar-refractivity contribution < 1.29 is 23.4 Å². The van der Waals surface area contributed by atoms with Gasteiger partial charge in [-0.2, -0.15) is 0 Å². The molecule has 0 spiro atoms. The van der Waals surface area contributed by atoms with Gasteiger partial charge in [0.05, 0.1) is 38.8 Å². The minimum Gasteiger partial charge on any atom is -0.491 e. The maximum Gasteiger partial charge on any atom is 0.351 e. The first-order valence-corrected chi connectivity index (χ1v) is 23.3. The third-order valence-electron chi connectivity index (χ3n) is 9.77. The SMILES string of the molecule is CCCCCCCCOC(=O)c1sc2c(C)sc(-c3cc4c(OCCCCCCCC)c5sc(C)cc5c(OCCCCCCCC)c4s3)c2c1F. The molecule has 9 heteroatoms. The van der Waals surface area contributed by atoms with Crippen molar-refractivity contribution in [3.63, 3.8) is 0 Å². The van der Waals surface area contributed by atoms with Gasteiger partial charge in [0.2, 0.25) is 0 Å². The summed E-state index contributed by atoms with van der Waals surface area (Å²) in [5.74, 6) is 0.825. The highest BCUT2D eigenvalue weighted by atomic mass is 32.1. The van der Waals surface area contributed by atoms with Gasteiger partial charge < -0.3 is 14.2 Å².